The Morgan fingerprint density at radius 3 is 1.76 bits per heavy atom. The number of imide groups is 1. The SMILES string of the molecule is O=C1c2ccccc2C(=O)N1OCc1ccc2c(c1)OC(c1ccccc1)(c1ccccc1)O2. The summed E-state index contributed by atoms with van der Waals surface area (Å²) in [6.45, 7) is 0.0196. The third-order valence-corrected chi connectivity index (χ3v) is 5.94. The van der Waals surface area contributed by atoms with E-state index in [0.29, 0.717) is 22.6 Å². The number of ether oxygens (including phenoxy) is 2. The van der Waals surface area contributed by atoms with Crippen molar-refractivity contribution in [2.75, 3.05) is 0 Å². The number of nitrogens with zero attached hydrogens (tertiary/aromatic N) is 1. The number of hydroxylamine groups is 2. The second kappa shape index (κ2) is 7.86. The van der Waals surface area contributed by atoms with Crippen LogP contribution < -0.4 is 9.47 Å². The highest BCUT2D eigenvalue weighted by molar-refractivity contribution is 6.20. The first kappa shape index (κ1) is 20.2. The zero-order chi connectivity index (χ0) is 23.1. The second-order valence-electron chi connectivity index (χ2n) is 8.06. The Bertz CT molecular complexity index is 1330. The predicted octanol–water partition coefficient (Wildman–Crippen LogP) is 5.09. The highest BCUT2D eigenvalue weighted by Crippen LogP contribution is 2.48. The number of benzene rings is 4. The van der Waals surface area contributed by atoms with Crippen LogP contribution in [0.5, 0.6) is 11.5 Å². The van der Waals surface area contributed by atoms with Crippen LogP contribution in [0.4, 0.5) is 0 Å². The summed E-state index contributed by atoms with van der Waals surface area (Å²) in [6, 6.07) is 31.6. The summed E-state index contributed by atoms with van der Waals surface area (Å²) in [5, 5.41) is 0.813. The Morgan fingerprint density at radius 2 is 1.18 bits per heavy atom. The first-order chi connectivity index (χ1) is 16.7. The molecule has 0 radical (unpaired) electrons. The average Bonchev–Trinajstić information content (AvgIpc) is 3.40. The third kappa shape index (κ3) is 3.16. The molecule has 0 spiro atoms. The maximum absolute atomic E-state index is 12.5. The number of fused-ring (bicyclic) bond motifs is 2. The van der Waals surface area contributed by atoms with E-state index in [9.17, 15) is 9.59 Å². The molecule has 6 heteroatoms. The number of carbonyl (C=O) groups is 2. The lowest BCUT2D eigenvalue weighted by Crippen LogP contribution is -2.36. The molecule has 0 saturated carbocycles. The smallest absolute Gasteiger partial charge is 0.305 e. The maximum atomic E-state index is 12.5. The van der Waals surface area contributed by atoms with Crippen LogP contribution in [0.1, 0.15) is 37.4 Å². The second-order valence-corrected chi connectivity index (χ2v) is 8.06. The Morgan fingerprint density at radius 1 is 0.647 bits per heavy atom. The zero-order valence-electron chi connectivity index (χ0n) is 18.0. The van der Waals surface area contributed by atoms with Crippen molar-refractivity contribution in [2.45, 2.75) is 12.4 Å². The highest BCUT2D eigenvalue weighted by atomic mass is 16.7. The lowest BCUT2D eigenvalue weighted by Gasteiger charge is -2.28. The van der Waals surface area contributed by atoms with E-state index in [0.717, 1.165) is 21.8 Å². The van der Waals surface area contributed by atoms with Crippen molar-refractivity contribution in [1.29, 1.82) is 0 Å². The molecule has 6 rings (SSSR count). The van der Waals surface area contributed by atoms with Crippen LogP contribution >= 0.6 is 0 Å². The minimum Gasteiger partial charge on any atom is -0.440 e. The summed E-state index contributed by atoms with van der Waals surface area (Å²) in [4.78, 5) is 30.7. The van der Waals surface area contributed by atoms with Crippen LogP contribution in [0.3, 0.4) is 0 Å². The highest BCUT2D eigenvalue weighted by Gasteiger charge is 2.45. The van der Waals surface area contributed by atoms with Crippen molar-refractivity contribution < 1.29 is 23.9 Å². The van der Waals surface area contributed by atoms with E-state index < -0.39 is 17.6 Å². The van der Waals surface area contributed by atoms with Gasteiger partial charge in [-0.15, -0.1) is 5.06 Å². The first-order valence-electron chi connectivity index (χ1n) is 10.9. The summed E-state index contributed by atoms with van der Waals surface area (Å²) in [5.41, 5.74) is 3.14. The number of carbonyl (C=O) groups excluding carboxylic acids is 2. The van der Waals surface area contributed by atoms with Crippen LogP contribution in [0.2, 0.25) is 0 Å². The Labute approximate surface area is 195 Å². The van der Waals surface area contributed by atoms with Gasteiger partial charge in [0.05, 0.1) is 11.1 Å². The van der Waals surface area contributed by atoms with Crippen LogP contribution in [-0.2, 0) is 17.2 Å². The van der Waals surface area contributed by atoms with Crippen molar-refractivity contribution in [3.05, 3.63) is 131 Å². The van der Waals surface area contributed by atoms with Gasteiger partial charge in [0.25, 0.3) is 11.8 Å². The Hall–Kier alpha value is -4.42. The molecule has 0 fully saturated rings. The molecule has 0 aliphatic carbocycles. The van der Waals surface area contributed by atoms with Crippen molar-refractivity contribution >= 4 is 11.8 Å². The molecule has 0 N–H and O–H groups in total. The molecule has 2 heterocycles. The van der Waals surface area contributed by atoms with Gasteiger partial charge < -0.3 is 9.47 Å². The van der Waals surface area contributed by atoms with Gasteiger partial charge >= 0.3 is 5.79 Å². The third-order valence-electron chi connectivity index (χ3n) is 5.94. The Kier molecular flexibility index (Phi) is 4.67. The number of hydrogen-bond donors (Lipinski definition) is 0. The minimum absolute atomic E-state index is 0.0196. The van der Waals surface area contributed by atoms with Gasteiger partial charge in [0.15, 0.2) is 11.5 Å². The molecule has 34 heavy (non-hydrogen) atoms. The van der Waals surface area contributed by atoms with E-state index in [4.69, 9.17) is 14.3 Å². The zero-order valence-corrected chi connectivity index (χ0v) is 18.0. The monoisotopic (exact) mass is 449 g/mol. The van der Waals surface area contributed by atoms with Gasteiger partial charge in [-0.2, -0.15) is 0 Å². The molecule has 4 aromatic rings. The molecule has 6 nitrogen and oxygen atoms in total. The van der Waals surface area contributed by atoms with Gasteiger partial charge in [-0.25, -0.2) is 0 Å². The first-order valence-corrected chi connectivity index (χ1v) is 10.9. The summed E-state index contributed by atoms with van der Waals surface area (Å²) >= 11 is 0. The molecule has 2 aliphatic heterocycles. The van der Waals surface area contributed by atoms with E-state index in [1.54, 1.807) is 30.3 Å². The fourth-order valence-corrected chi connectivity index (χ4v) is 4.28. The summed E-state index contributed by atoms with van der Waals surface area (Å²) < 4.78 is 12.8. The average molecular weight is 449 g/mol. The van der Waals surface area contributed by atoms with E-state index in [2.05, 4.69) is 0 Å². The largest absolute Gasteiger partial charge is 0.440 e. The minimum atomic E-state index is -1.12. The number of rotatable bonds is 5. The van der Waals surface area contributed by atoms with Crippen molar-refractivity contribution in [3.8, 4) is 11.5 Å². The molecule has 4 aromatic carbocycles. The van der Waals surface area contributed by atoms with Crippen molar-refractivity contribution in [2.24, 2.45) is 0 Å². The van der Waals surface area contributed by atoms with Crippen LogP contribution in [0.25, 0.3) is 0 Å². The molecule has 0 saturated heterocycles. The van der Waals surface area contributed by atoms with Crippen molar-refractivity contribution in [3.63, 3.8) is 0 Å². The molecule has 0 unspecified atom stereocenters. The van der Waals surface area contributed by atoms with Gasteiger partial charge in [0, 0.05) is 11.1 Å². The summed E-state index contributed by atoms with van der Waals surface area (Å²) in [5.74, 6) is -0.900. The van der Waals surface area contributed by atoms with Crippen LogP contribution in [0, 0.1) is 0 Å². The van der Waals surface area contributed by atoms with Crippen molar-refractivity contribution in [1.82, 2.24) is 5.06 Å². The summed E-state index contributed by atoms with van der Waals surface area (Å²) in [6.07, 6.45) is 0. The van der Waals surface area contributed by atoms with Gasteiger partial charge in [-0.05, 0) is 29.8 Å². The molecular weight excluding hydrogens is 430 g/mol. The molecule has 2 aliphatic rings. The van der Waals surface area contributed by atoms with E-state index in [-0.39, 0.29) is 6.61 Å². The molecule has 166 valence electrons. The van der Waals surface area contributed by atoms with Crippen LogP contribution in [-0.4, -0.2) is 16.9 Å². The Balaban J connectivity index is 1.26. The predicted molar refractivity (Wildman–Crippen MR) is 123 cm³/mol. The van der Waals surface area contributed by atoms with E-state index in [1.807, 2.05) is 72.8 Å². The topological polar surface area (TPSA) is 65.1 Å². The van der Waals surface area contributed by atoms with E-state index in [1.165, 1.54) is 0 Å². The number of amides is 2. The lowest BCUT2D eigenvalue weighted by atomic mass is 9.97. The fourth-order valence-electron chi connectivity index (χ4n) is 4.28. The van der Waals surface area contributed by atoms with Gasteiger partial charge in [0.2, 0.25) is 0 Å². The number of hydrogen-bond acceptors (Lipinski definition) is 5. The lowest BCUT2D eigenvalue weighted by molar-refractivity contribution is -0.101. The molecular formula is C28H19NO5. The molecule has 0 atom stereocenters. The van der Waals surface area contributed by atoms with Crippen LogP contribution in [0.15, 0.2) is 103 Å². The molecule has 2 amide bonds. The van der Waals surface area contributed by atoms with Gasteiger partial charge in [0.1, 0.15) is 6.61 Å². The van der Waals surface area contributed by atoms with E-state index >= 15 is 0 Å². The summed E-state index contributed by atoms with van der Waals surface area (Å²) in [7, 11) is 0. The standard InChI is InChI=1S/C28H19NO5/c30-26-22-13-7-8-14-23(22)27(31)29(26)32-18-19-15-16-24-25(17-19)34-28(33-24,20-9-3-1-4-10-20)21-11-5-2-6-12-21/h1-17H,18H2. The quantitative estimate of drug-likeness (QED) is 0.397. The van der Waals surface area contributed by atoms with Gasteiger partial charge in [-0.3, -0.25) is 14.4 Å². The molecule has 0 aromatic heterocycles. The van der Waals surface area contributed by atoms with Gasteiger partial charge in [-0.1, -0.05) is 78.9 Å². The maximum Gasteiger partial charge on any atom is 0.305 e. The normalized spacial score (nSPS) is 15.5. The fraction of sp³-hybridized carbons (Fsp3) is 0.0714. The molecule has 0 bridgehead atoms.